The average molecular weight is 291 g/mol. The molecule has 5 heteroatoms. The lowest BCUT2D eigenvalue weighted by atomic mass is 10.2. The smallest absolute Gasteiger partial charge is 0.338 e. The lowest BCUT2D eigenvalue weighted by Crippen LogP contribution is -2.35. The van der Waals surface area contributed by atoms with Crippen LogP contribution in [0.15, 0.2) is 36.4 Å². The fourth-order valence-electron chi connectivity index (χ4n) is 1.75. The normalized spacial score (nSPS) is 9.86. The summed E-state index contributed by atoms with van der Waals surface area (Å²) in [5, 5.41) is 0. The first-order chi connectivity index (χ1) is 9.97. The second kappa shape index (κ2) is 8.09. The molecule has 0 radical (unpaired) electrons. The van der Waals surface area contributed by atoms with Gasteiger partial charge in [0.1, 0.15) is 5.75 Å². The molecule has 0 bridgehead atoms. The van der Waals surface area contributed by atoms with Gasteiger partial charge in [0.2, 0.25) is 0 Å². The maximum Gasteiger partial charge on any atom is 0.338 e. The number of methoxy groups -OCH3 is 1. The number of esters is 1. The van der Waals surface area contributed by atoms with Crippen molar-refractivity contribution in [3.05, 3.63) is 42.0 Å². The molecule has 1 aromatic carbocycles. The molecule has 0 atom stereocenters. The van der Waals surface area contributed by atoms with Crippen LogP contribution in [0, 0.1) is 0 Å². The molecule has 1 aromatic rings. The largest absolute Gasteiger partial charge is 0.497 e. The van der Waals surface area contributed by atoms with E-state index in [0.717, 1.165) is 5.57 Å². The third-order valence-electron chi connectivity index (χ3n) is 2.83. The summed E-state index contributed by atoms with van der Waals surface area (Å²) in [6, 6.07) is 6.60. The molecule has 1 amide bonds. The third kappa shape index (κ3) is 5.30. The van der Waals surface area contributed by atoms with Gasteiger partial charge in [-0.2, -0.15) is 0 Å². The van der Waals surface area contributed by atoms with Crippen LogP contribution in [0.25, 0.3) is 0 Å². The van der Waals surface area contributed by atoms with E-state index in [1.165, 1.54) is 7.11 Å². The van der Waals surface area contributed by atoms with Gasteiger partial charge < -0.3 is 14.4 Å². The van der Waals surface area contributed by atoms with Crippen molar-refractivity contribution in [3.63, 3.8) is 0 Å². The summed E-state index contributed by atoms with van der Waals surface area (Å²) in [6.07, 6.45) is 0. The summed E-state index contributed by atoms with van der Waals surface area (Å²) >= 11 is 0. The van der Waals surface area contributed by atoms with Gasteiger partial charge in [0.05, 0.1) is 12.7 Å². The number of carbonyl (C=O) groups excluding carboxylic acids is 2. The molecule has 1 rings (SSSR count). The first kappa shape index (κ1) is 16.8. The number of hydrogen-bond acceptors (Lipinski definition) is 4. The molecule has 5 nitrogen and oxygen atoms in total. The van der Waals surface area contributed by atoms with Gasteiger partial charge in [-0.3, -0.25) is 4.79 Å². The van der Waals surface area contributed by atoms with Crippen LogP contribution in [0.1, 0.15) is 24.2 Å². The first-order valence-corrected chi connectivity index (χ1v) is 6.71. The Morgan fingerprint density at radius 2 is 2.05 bits per heavy atom. The first-order valence-electron chi connectivity index (χ1n) is 6.71. The Bertz CT molecular complexity index is 525. The number of hydrogen-bond donors (Lipinski definition) is 0. The zero-order valence-corrected chi connectivity index (χ0v) is 12.7. The lowest BCUT2D eigenvalue weighted by Gasteiger charge is -2.20. The monoisotopic (exact) mass is 291 g/mol. The van der Waals surface area contributed by atoms with Gasteiger partial charge in [-0.25, -0.2) is 4.79 Å². The maximum absolute atomic E-state index is 12.0. The van der Waals surface area contributed by atoms with E-state index < -0.39 is 5.97 Å². The third-order valence-corrected chi connectivity index (χ3v) is 2.83. The molecule has 21 heavy (non-hydrogen) atoms. The summed E-state index contributed by atoms with van der Waals surface area (Å²) in [5.41, 5.74) is 1.23. The molecule has 0 spiro atoms. The zero-order valence-electron chi connectivity index (χ0n) is 12.7. The van der Waals surface area contributed by atoms with Crippen molar-refractivity contribution in [2.24, 2.45) is 0 Å². The lowest BCUT2D eigenvalue weighted by molar-refractivity contribution is -0.133. The summed E-state index contributed by atoms with van der Waals surface area (Å²) in [5.74, 6) is -0.224. The van der Waals surface area contributed by atoms with E-state index in [1.807, 2.05) is 13.8 Å². The maximum atomic E-state index is 12.0. The van der Waals surface area contributed by atoms with Crippen molar-refractivity contribution in [1.29, 1.82) is 0 Å². The second-order valence-corrected chi connectivity index (χ2v) is 4.67. The molecule has 0 aliphatic heterocycles. The van der Waals surface area contributed by atoms with Crippen molar-refractivity contribution in [2.45, 2.75) is 13.8 Å². The molecule has 0 heterocycles. The van der Waals surface area contributed by atoms with Crippen LogP contribution in [0.5, 0.6) is 5.75 Å². The molecule has 0 unspecified atom stereocenters. The Morgan fingerprint density at radius 1 is 1.33 bits per heavy atom. The molecule has 0 aliphatic carbocycles. The highest BCUT2D eigenvalue weighted by molar-refractivity contribution is 5.91. The van der Waals surface area contributed by atoms with E-state index in [-0.39, 0.29) is 12.5 Å². The topological polar surface area (TPSA) is 55.8 Å². The van der Waals surface area contributed by atoms with Crippen LogP contribution >= 0.6 is 0 Å². The predicted octanol–water partition coefficient (Wildman–Crippen LogP) is 2.28. The number of likely N-dealkylation sites (N-methyl/N-ethyl adjacent to an activating group) is 1. The molecule has 0 N–H and O–H groups in total. The van der Waals surface area contributed by atoms with Crippen molar-refractivity contribution >= 4 is 11.9 Å². The Kier molecular flexibility index (Phi) is 6.46. The standard InChI is InChI=1S/C16H21NO4/c1-5-17(10-12(2)3)15(18)11-21-16(19)13-7-6-8-14(9-13)20-4/h6-9H,2,5,10-11H2,1,3-4H3. The van der Waals surface area contributed by atoms with Crippen molar-refractivity contribution in [2.75, 3.05) is 26.8 Å². The summed E-state index contributed by atoms with van der Waals surface area (Å²) in [7, 11) is 1.52. The number of rotatable bonds is 7. The highest BCUT2D eigenvalue weighted by atomic mass is 16.5. The number of carbonyl (C=O) groups is 2. The van der Waals surface area contributed by atoms with Crippen LogP contribution in [0.4, 0.5) is 0 Å². The Hall–Kier alpha value is -2.30. The van der Waals surface area contributed by atoms with Gasteiger partial charge in [-0.05, 0) is 32.0 Å². The number of nitrogens with zero attached hydrogens (tertiary/aromatic N) is 1. The molecule has 0 saturated heterocycles. The molecule has 0 aliphatic rings. The van der Waals surface area contributed by atoms with Gasteiger partial charge in [0, 0.05) is 13.1 Å². The summed E-state index contributed by atoms with van der Waals surface area (Å²) in [6.45, 7) is 8.21. The Balaban J connectivity index is 2.59. The summed E-state index contributed by atoms with van der Waals surface area (Å²) < 4.78 is 10.1. The fraction of sp³-hybridized carbons (Fsp3) is 0.375. The number of ether oxygens (including phenoxy) is 2. The highest BCUT2D eigenvalue weighted by Crippen LogP contribution is 2.13. The van der Waals surface area contributed by atoms with E-state index in [0.29, 0.717) is 24.4 Å². The minimum Gasteiger partial charge on any atom is -0.497 e. The van der Waals surface area contributed by atoms with E-state index in [1.54, 1.807) is 29.2 Å². The van der Waals surface area contributed by atoms with Crippen LogP contribution in [-0.2, 0) is 9.53 Å². The van der Waals surface area contributed by atoms with Gasteiger partial charge in [0.25, 0.3) is 5.91 Å². The second-order valence-electron chi connectivity index (χ2n) is 4.67. The number of amides is 1. The minimum atomic E-state index is -0.548. The zero-order chi connectivity index (χ0) is 15.8. The molecule has 0 aromatic heterocycles. The highest BCUT2D eigenvalue weighted by Gasteiger charge is 2.15. The molecular formula is C16H21NO4. The minimum absolute atomic E-state index is 0.239. The fourth-order valence-corrected chi connectivity index (χ4v) is 1.75. The molecular weight excluding hydrogens is 270 g/mol. The van der Waals surface area contributed by atoms with Crippen LogP contribution in [-0.4, -0.2) is 43.6 Å². The van der Waals surface area contributed by atoms with E-state index in [2.05, 4.69) is 6.58 Å². The van der Waals surface area contributed by atoms with Crippen LogP contribution in [0.2, 0.25) is 0 Å². The van der Waals surface area contributed by atoms with Crippen molar-refractivity contribution in [1.82, 2.24) is 4.90 Å². The summed E-state index contributed by atoms with van der Waals surface area (Å²) in [4.78, 5) is 25.4. The van der Waals surface area contributed by atoms with Crippen LogP contribution < -0.4 is 4.74 Å². The quantitative estimate of drug-likeness (QED) is 0.571. The van der Waals surface area contributed by atoms with Crippen molar-refractivity contribution < 1.29 is 19.1 Å². The molecule has 114 valence electrons. The molecule has 0 saturated carbocycles. The van der Waals surface area contributed by atoms with Gasteiger partial charge >= 0.3 is 5.97 Å². The SMILES string of the molecule is C=C(C)CN(CC)C(=O)COC(=O)c1cccc(OC)c1. The van der Waals surface area contributed by atoms with Gasteiger partial charge in [-0.1, -0.05) is 18.2 Å². The van der Waals surface area contributed by atoms with Gasteiger partial charge in [-0.15, -0.1) is 0 Å². The van der Waals surface area contributed by atoms with Crippen molar-refractivity contribution in [3.8, 4) is 5.75 Å². The van der Waals surface area contributed by atoms with Crippen LogP contribution in [0.3, 0.4) is 0 Å². The Morgan fingerprint density at radius 3 is 2.62 bits per heavy atom. The predicted molar refractivity (Wildman–Crippen MR) is 80.3 cm³/mol. The van der Waals surface area contributed by atoms with Gasteiger partial charge in [0.15, 0.2) is 6.61 Å². The van der Waals surface area contributed by atoms with E-state index >= 15 is 0 Å². The van der Waals surface area contributed by atoms with E-state index in [9.17, 15) is 9.59 Å². The Labute approximate surface area is 125 Å². The average Bonchev–Trinajstić information content (AvgIpc) is 2.49. The molecule has 0 fully saturated rings. The number of benzene rings is 1. The van der Waals surface area contributed by atoms with E-state index in [4.69, 9.17) is 9.47 Å².